The van der Waals surface area contributed by atoms with Gasteiger partial charge in [-0.3, -0.25) is 0 Å². The van der Waals surface area contributed by atoms with Gasteiger partial charge in [-0.15, -0.1) is 0 Å². The molecule has 0 bridgehead atoms. The molecule has 2 rings (SSSR count). The van der Waals surface area contributed by atoms with Crippen LogP contribution in [0.2, 0.25) is 0 Å². The number of fused-ring (bicyclic) bond motifs is 1. The van der Waals surface area contributed by atoms with Gasteiger partial charge < -0.3 is 14.2 Å². The summed E-state index contributed by atoms with van der Waals surface area (Å²) in [5.41, 5.74) is -0.200. The molecule has 12 heavy (non-hydrogen) atoms. The topological polar surface area (TPSA) is 27.7 Å². The summed E-state index contributed by atoms with van der Waals surface area (Å²) >= 11 is 0. The summed E-state index contributed by atoms with van der Waals surface area (Å²) in [5, 5.41) is 0. The van der Waals surface area contributed by atoms with Crippen LogP contribution in [0.4, 0.5) is 0 Å². The molecule has 2 aliphatic heterocycles. The Labute approximate surface area is 73.0 Å². The third kappa shape index (κ3) is 0.934. The predicted octanol–water partition coefficient (Wildman–Crippen LogP) is 0.825. The van der Waals surface area contributed by atoms with Crippen LogP contribution in [0.1, 0.15) is 13.8 Å². The van der Waals surface area contributed by atoms with Gasteiger partial charge in [0.25, 0.3) is 0 Å². The Morgan fingerprint density at radius 3 is 2.83 bits per heavy atom. The first kappa shape index (κ1) is 8.48. The van der Waals surface area contributed by atoms with Crippen LogP contribution in [-0.4, -0.2) is 38.1 Å². The highest BCUT2D eigenvalue weighted by atomic mass is 16.6. The zero-order valence-corrected chi connectivity index (χ0v) is 7.87. The maximum atomic E-state index is 5.73. The lowest BCUT2D eigenvalue weighted by molar-refractivity contribution is -0.0773. The lowest BCUT2D eigenvalue weighted by Crippen LogP contribution is -2.43. The van der Waals surface area contributed by atoms with Gasteiger partial charge in [0.2, 0.25) is 0 Å². The molecule has 0 radical (unpaired) electrons. The zero-order chi connectivity index (χ0) is 8.77. The SMILES string of the molecule is CO[C@H]1CO[C@@H]2[C@H](C)CO[C@]12C. The Morgan fingerprint density at radius 2 is 2.17 bits per heavy atom. The van der Waals surface area contributed by atoms with E-state index in [0.29, 0.717) is 12.5 Å². The van der Waals surface area contributed by atoms with Crippen LogP contribution in [0.25, 0.3) is 0 Å². The van der Waals surface area contributed by atoms with Crippen LogP contribution in [0.15, 0.2) is 0 Å². The fraction of sp³-hybridized carbons (Fsp3) is 1.00. The van der Waals surface area contributed by atoms with Crippen molar-refractivity contribution in [1.82, 2.24) is 0 Å². The van der Waals surface area contributed by atoms with Gasteiger partial charge in [-0.1, -0.05) is 6.92 Å². The van der Waals surface area contributed by atoms with Crippen LogP contribution in [0, 0.1) is 5.92 Å². The normalized spacial score (nSPS) is 52.8. The van der Waals surface area contributed by atoms with Crippen LogP contribution < -0.4 is 0 Å². The Kier molecular flexibility index (Phi) is 1.90. The van der Waals surface area contributed by atoms with Crippen molar-refractivity contribution in [2.45, 2.75) is 31.7 Å². The van der Waals surface area contributed by atoms with Crippen LogP contribution >= 0.6 is 0 Å². The van der Waals surface area contributed by atoms with Crippen molar-refractivity contribution in [3.05, 3.63) is 0 Å². The fourth-order valence-corrected chi connectivity index (χ4v) is 2.31. The van der Waals surface area contributed by atoms with E-state index >= 15 is 0 Å². The second kappa shape index (κ2) is 2.69. The molecular formula is C9H16O3. The maximum Gasteiger partial charge on any atom is 0.120 e. The highest BCUT2D eigenvalue weighted by Gasteiger charge is 2.55. The van der Waals surface area contributed by atoms with Gasteiger partial charge in [-0.2, -0.15) is 0 Å². The fourth-order valence-electron chi connectivity index (χ4n) is 2.31. The second-order valence-corrected chi connectivity index (χ2v) is 3.95. The molecular weight excluding hydrogens is 156 g/mol. The van der Waals surface area contributed by atoms with E-state index in [-0.39, 0.29) is 17.8 Å². The lowest BCUT2D eigenvalue weighted by atomic mass is 9.91. The third-order valence-electron chi connectivity index (χ3n) is 3.09. The van der Waals surface area contributed by atoms with Gasteiger partial charge in [-0.05, 0) is 6.92 Å². The van der Waals surface area contributed by atoms with E-state index in [1.807, 2.05) is 0 Å². The largest absolute Gasteiger partial charge is 0.376 e. The Bertz CT molecular complexity index is 183. The van der Waals surface area contributed by atoms with E-state index in [1.54, 1.807) is 7.11 Å². The molecule has 4 atom stereocenters. The molecule has 3 nitrogen and oxygen atoms in total. The van der Waals surface area contributed by atoms with Gasteiger partial charge in [0, 0.05) is 13.0 Å². The molecule has 0 N–H and O–H groups in total. The molecule has 0 saturated carbocycles. The van der Waals surface area contributed by atoms with E-state index in [4.69, 9.17) is 14.2 Å². The number of hydrogen-bond donors (Lipinski definition) is 0. The molecule has 0 aromatic rings. The van der Waals surface area contributed by atoms with Crippen molar-refractivity contribution in [3.63, 3.8) is 0 Å². The third-order valence-corrected chi connectivity index (χ3v) is 3.09. The summed E-state index contributed by atoms with van der Waals surface area (Å²) in [5.74, 6) is 0.496. The molecule has 0 aliphatic carbocycles. The second-order valence-electron chi connectivity index (χ2n) is 3.95. The number of ether oxygens (including phenoxy) is 3. The van der Waals surface area contributed by atoms with Crippen molar-refractivity contribution in [2.75, 3.05) is 20.3 Å². The number of hydrogen-bond acceptors (Lipinski definition) is 3. The molecule has 3 heteroatoms. The molecule has 0 unspecified atom stereocenters. The molecule has 2 saturated heterocycles. The molecule has 0 aromatic heterocycles. The standard InChI is InChI=1S/C9H16O3/c1-6-4-12-9(2)7(10-3)5-11-8(6)9/h6-8H,4-5H2,1-3H3/t6-,7+,8-,9-/m1/s1. The Morgan fingerprint density at radius 1 is 1.42 bits per heavy atom. The van der Waals surface area contributed by atoms with Crippen molar-refractivity contribution in [3.8, 4) is 0 Å². The van der Waals surface area contributed by atoms with Crippen molar-refractivity contribution >= 4 is 0 Å². The Balaban J connectivity index is 2.19. The van der Waals surface area contributed by atoms with E-state index in [9.17, 15) is 0 Å². The first-order valence-electron chi connectivity index (χ1n) is 4.47. The van der Waals surface area contributed by atoms with Crippen LogP contribution in [0.5, 0.6) is 0 Å². The molecule has 2 aliphatic rings. The highest BCUT2D eigenvalue weighted by molar-refractivity contribution is 5.03. The minimum absolute atomic E-state index is 0.104. The summed E-state index contributed by atoms with van der Waals surface area (Å²) in [4.78, 5) is 0. The summed E-state index contributed by atoms with van der Waals surface area (Å²) in [7, 11) is 1.72. The molecule has 70 valence electrons. The van der Waals surface area contributed by atoms with Gasteiger partial charge in [0.05, 0.1) is 19.3 Å². The summed E-state index contributed by atoms with van der Waals surface area (Å²) in [6.45, 7) is 5.71. The molecule has 2 heterocycles. The van der Waals surface area contributed by atoms with E-state index in [2.05, 4.69) is 13.8 Å². The lowest BCUT2D eigenvalue weighted by Gasteiger charge is -2.27. The molecule has 0 spiro atoms. The van der Waals surface area contributed by atoms with E-state index in [0.717, 1.165) is 6.61 Å². The monoisotopic (exact) mass is 172 g/mol. The predicted molar refractivity (Wildman–Crippen MR) is 44.1 cm³/mol. The number of rotatable bonds is 1. The summed E-state index contributed by atoms with van der Waals surface area (Å²) in [6, 6.07) is 0. The van der Waals surface area contributed by atoms with Crippen LogP contribution in [-0.2, 0) is 14.2 Å². The summed E-state index contributed by atoms with van der Waals surface area (Å²) < 4.78 is 16.7. The zero-order valence-electron chi connectivity index (χ0n) is 7.87. The van der Waals surface area contributed by atoms with Gasteiger partial charge in [0.1, 0.15) is 11.7 Å². The quantitative estimate of drug-likeness (QED) is 0.586. The average molecular weight is 172 g/mol. The molecule has 2 fully saturated rings. The van der Waals surface area contributed by atoms with Crippen LogP contribution in [0.3, 0.4) is 0 Å². The van der Waals surface area contributed by atoms with E-state index < -0.39 is 0 Å². The smallest absolute Gasteiger partial charge is 0.120 e. The maximum absolute atomic E-state index is 5.73. The van der Waals surface area contributed by atoms with Crippen molar-refractivity contribution < 1.29 is 14.2 Å². The average Bonchev–Trinajstić information content (AvgIpc) is 2.50. The summed E-state index contributed by atoms with van der Waals surface area (Å²) in [6.07, 6.45) is 0.329. The highest BCUT2D eigenvalue weighted by Crippen LogP contribution is 2.41. The minimum Gasteiger partial charge on any atom is -0.376 e. The van der Waals surface area contributed by atoms with Crippen molar-refractivity contribution in [2.24, 2.45) is 5.92 Å². The van der Waals surface area contributed by atoms with Gasteiger partial charge >= 0.3 is 0 Å². The first-order valence-corrected chi connectivity index (χ1v) is 4.47. The minimum atomic E-state index is -0.200. The van der Waals surface area contributed by atoms with Gasteiger partial charge in [-0.25, -0.2) is 0 Å². The molecule has 0 amide bonds. The Hall–Kier alpha value is -0.120. The first-order chi connectivity index (χ1) is 5.68. The van der Waals surface area contributed by atoms with Crippen molar-refractivity contribution in [1.29, 1.82) is 0 Å². The number of methoxy groups -OCH3 is 1. The molecule has 0 aromatic carbocycles. The van der Waals surface area contributed by atoms with E-state index in [1.165, 1.54) is 0 Å². The van der Waals surface area contributed by atoms with Gasteiger partial charge in [0.15, 0.2) is 0 Å².